The Bertz CT molecular complexity index is 683. The first-order valence-electron chi connectivity index (χ1n) is 10.3. The first-order chi connectivity index (χ1) is 13.2. The summed E-state index contributed by atoms with van der Waals surface area (Å²) >= 11 is 3.63. The molecule has 4 heteroatoms. The highest BCUT2D eigenvalue weighted by Crippen LogP contribution is 2.45. The number of hydrogen-bond acceptors (Lipinski definition) is 4. The Hall–Kier alpha value is -1.18. The predicted molar refractivity (Wildman–Crippen MR) is 117 cm³/mol. The van der Waals surface area contributed by atoms with Crippen molar-refractivity contribution in [1.29, 1.82) is 5.26 Å². The summed E-state index contributed by atoms with van der Waals surface area (Å²) in [5.41, 5.74) is 2.12. The van der Waals surface area contributed by atoms with E-state index in [0.29, 0.717) is 21.6 Å². The largest absolute Gasteiger partial charge is 0.288 e. The fourth-order valence-corrected chi connectivity index (χ4v) is 7.15. The van der Waals surface area contributed by atoms with Gasteiger partial charge in [0.15, 0.2) is 0 Å². The van der Waals surface area contributed by atoms with Gasteiger partial charge in [-0.15, -0.1) is 23.5 Å². The number of ketones is 1. The van der Waals surface area contributed by atoms with Crippen molar-refractivity contribution in [2.45, 2.75) is 81.6 Å². The summed E-state index contributed by atoms with van der Waals surface area (Å²) in [6.45, 7) is 2.01. The van der Waals surface area contributed by atoms with Crippen molar-refractivity contribution in [1.82, 2.24) is 0 Å². The SMILES string of the molecule is Cc1ccc(C(=O)C(C#N)=C(SC2CCCCC2)SC2CCCCC2)cc1. The first kappa shape index (κ1) is 20.6. The molecule has 0 atom stereocenters. The van der Waals surface area contributed by atoms with Crippen molar-refractivity contribution in [3.63, 3.8) is 0 Å². The van der Waals surface area contributed by atoms with Crippen molar-refractivity contribution in [2.24, 2.45) is 0 Å². The van der Waals surface area contributed by atoms with E-state index in [9.17, 15) is 10.1 Å². The third kappa shape index (κ3) is 5.90. The molecule has 0 amide bonds. The molecule has 144 valence electrons. The zero-order chi connectivity index (χ0) is 19.1. The van der Waals surface area contributed by atoms with Gasteiger partial charge in [-0.05, 0) is 32.6 Å². The molecule has 2 nitrogen and oxygen atoms in total. The Balaban J connectivity index is 1.86. The van der Waals surface area contributed by atoms with E-state index in [4.69, 9.17) is 0 Å². The molecular weight excluding hydrogens is 370 g/mol. The van der Waals surface area contributed by atoms with Crippen LogP contribution in [0.2, 0.25) is 0 Å². The van der Waals surface area contributed by atoms with Crippen molar-refractivity contribution in [3.05, 3.63) is 45.2 Å². The fraction of sp³-hybridized carbons (Fsp3) is 0.565. The molecule has 2 fully saturated rings. The number of benzene rings is 1. The van der Waals surface area contributed by atoms with Crippen LogP contribution in [0.25, 0.3) is 0 Å². The van der Waals surface area contributed by atoms with E-state index < -0.39 is 0 Å². The molecule has 2 saturated carbocycles. The van der Waals surface area contributed by atoms with Crippen LogP contribution in [0.4, 0.5) is 0 Å². The highest BCUT2D eigenvalue weighted by atomic mass is 32.2. The lowest BCUT2D eigenvalue weighted by Crippen LogP contribution is -2.13. The van der Waals surface area contributed by atoms with E-state index in [0.717, 1.165) is 9.80 Å². The van der Waals surface area contributed by atoms with Crippen LogP contribution in [0.5, 0.6) is 0 Å². The predicted octanol–water partition coefficient (Wildman–Crippen LogP) is 7.04. The Kier molecular flexibility index (Phi) is 7.91. The molecule has 27 heavy (non-hydrogen) atoms. The zero-order valence-corrected chi connectivity index (χ0v) is 17.8. The van der Waals surface area contributed by atoms with Crippen LogP contribution in [0.15, 0.2) is 34.1 Å². The summed E-state index contributed by atoms with van der Waals surface area (Å²) in [4.78, 5) is 13.1. The Morgan fingerprint density at radius 2 is 1.37 bits per heavy atom. The normalized spacial score (nSPS) is 18.7. The number of carbonyl (C=O) groups is 1. The van der Waals surface area contributed by atoms with Crippen LogP contribution in [0, 0.1) is 18.3 Å². The van der Waals surface area contributed by atoms with Crippen molar-refractivity contribution < 1.29 is 4.79 Å². The van der Waals surface area contributed by atoms with E-state index >= 15 is 0 Å². The molecule has 0 N–H and O–H groups in total. The molecule has 1 aromatic carbocycles. The van der Waals surface area contributed by atoms with E-state index in [1.54, 1.807) is 0 Å². The highest BCUT2D eigenvalue weighted by Gasteiger charge is 2.26. The highest BCUT2D eigenvalue weighted by molar-refractivity contribution is 8.22. The van der Waals surface area contributed by atoms with Gasteiger partial charge in [0.25, 0.3) is 0 Å². The monoisotopic (exact) mass is 399 g/mol. The number of allylic oxidation sites excluding steroid dienone is 1. The van der Waals surface area contributed by atoms with Gasteiger partial charge in [-0.1, -0.05) is 68.4 Å². The van der Waals surface area contributed by atoms with E-state index in [1.807, 2.05) is 54.7 Å². The molecule has 2 aliphatic carbocycles. The van der Waals surface area contributed by atoms with Gasteiger partial charge in [-0.2, -0.15) is 5.26 Å². The average Bonchev–Trinajstić information content (AvgIpc) is 2.70. The number of carbonyl (C=O) groups excluding carboxylic acids is 1. The van der Waals surface area contributed by atoms with Crippen molar-refractivity contribution in [2.75, 3.05) is 0 Å². The second-order valence-corrected chi connectivity index (χ2v) is 10.6. The third-order valence-corrected chi connectivity index (χ3v) is 8.53. The Morgan fingerprint density at radius 3 is 1.81 bits per heavy atom. The van der Waals surface area contributed by atoms with Gasteiger partial charge in [0, 0.05) is 16.1 Å². The summed E-state index contributed by atoms with van der Waals surface area (Å²) < 4.78 is 0.988. The molecule has 0 aromatic heterocycles. The molecule has 0 bridgehead atoms. The lowest BCUT2D eigenvalue weighted by molar-refractivity contribution is 0.103. The molecule has 0 saturated heterocycles. The standard InChI is InChI=1S/C23H29NOS2/c1-17-12-14-18(15-13-17)22(25)21(16-24)23(26-19-8-4-2-5-9-19)27-20-10-6-3-7-11-20/h12-15,19-20H,2-11H2,1H3. The maximum atomic E-state index is 13.1. The second kappa shape index (κ2) is 10.4. The van der Waals surface area contributed by atoms with Gasteiger partial charge in [-0.25, -0.2) is 0 Å². The number of rotatable bonds is 6. The molecule has 3 rings (SSSR count). The van der Waals surface area contributed by atoms with Gasteiger partial charge >= 0.3 is 0 Å². The molecule has 1 aromatic rings. The number of nitrogens with zero attached hydrogens (tertiary/aromatic N) is 1. The third-order valence-electron chi connectivity index (χ3n) is 5.51. The first-order valence-corrected chi connectivity index (χ1v) is 12.0. The smallest absolute Gasteiger partial charge is 0.205 e. The molecule has 0 heterocycles. The molecular formula is C23H29NOS2. The zero-order valence-electron chi connectivity index (χ0n) is 16.2. The summed E-state index contributed by atoms with van der Waals surface area (Å²) in [5.74, 6) is -0.112. The Morgan fingerprint density at radius 1 is 0.889 bits per heavy atom. The maximum absolute atomic E-state index is 13.1. The maximum Gasteiger partial charge on any atom is 0.205 e. The van der Waals surface area contributed by atoms with Crippen LogP contribution >= 0.6 is 23.5 Å². The summed E-state index contributed by atoms with van der Waals surface area (Å²) in [5, 5.41) is 11.0. The van der Waals surface area contributed by atoms with Gasteiger partial charge in [0.05, 0.1) is 4.24 Å². The van der Waals surface area contributed by atoms with Crippen LogP contribution in [0.1, 0.15) is 80.1 Å². The Labute approximate surface area is 172 Å². The molecule has 0 unspecified atom stereocenters. The lowest BCUT2D eigenvalue weighted by Gasteiger charge is -2.26. The number of aryl methyl sites for hydroxylation is 1. The second-order valence-electron chi connectivity index (χ2n) is 7.73. The number of Topliss-reactive ketones (excluding diaryl/α,β-unsaturated/α-hetero) is 1. The topological polar surface area (TPSA) is 40.9 Å². The van der Waals surface area contributed by atoms with Gasteiger partial charge in [0.2, 0.25) is 5.78 Å². The summed E-state index contributed by atoms with van der Waals surface area (Å²) in [6.07, 6.45) is 12.5. The van der Waals surface area contributed by atoms with Crippen molar-refractivity contribution in [3.8, 4) is 6.07 Å². The number of hydrogen-bond donors (Lipinski definition) is 0. The molecule has 0 spiro atoms. The quantitative estimate of drug-likeness (QED) is 0.292. The van der Waals surface area contributed by atoms with E-state index in [1.165, 1.54) is 64.2 Å². The summed E-state index contributed by atoms with van der Waals surface area (Å²) in [7, 11) is 0. The number of nitriles is 1. The minimum atomic E-state index is -0.112. The average molecular weight is 400 g/mol. The molecule has 2 aliphatic rings. The van der Waals surface area contributed by atoms with Gasteiger partial charge in [0.1, 0.15) is 11.6 Å². The van der Waals surface area contributed by atoms with Crippen LogP contribution in [0.3, 0.4) is 0 Å². The lowest BCUT2D eigenvalue weighted by atomic mass is 10.0. The van der Waals surface area contributed by atoms with Gasteiger partial charge in [-0.3, -0.25) is 4.79 Å². The van der Waals surface area contributed by atoms with Crippen LogP contribution in [-0.4, -0.2) is 16.3 Å². The minimum Gasteiger partial charge on any atom is -0.288 e. The summed E-state index contributed by atoms with van der Waals surface area (Å²) in [6, 6.07) is 9.88. The van der Waals surface area contributed by atoms with Gasteiger partial charge < -0.3 is 0 Å². The fourth-order valence-electron chi connectivity index (χ4n) is 3.85. The minimum absolute atomic E-state index is 0.112. The van der Waals surface area contributed by atoms with Crippen LogP contribution in [-0.2, 0) is 0 Å². The number of thioether (sulfide) groups is 2. The molecule has 0 aliphatic heterocycles. The van der Waals surface area contributed by atoms with E-state index in [2.05, 4.69) is 6.07 Å². The van der Waals surface area contributed by atoms with Crippen LogP contribution < -0.4 is 0 Å². The molecule has 0 radical (unpaired) electrons. The van der Waals surface area contributed by atoms with E-state index in [-0.39, 0.29) is 5.78 Å². The van der Waals surface area contributed by atoms with Crippen molar-refractivity contribution >= 4 is 29.3 Å².